The van der Waals surface area contributed by atoms with Crippen molar-refractivity contribution in [2.75, 3.05) is 0 Å². The summed E-state index contributed by atoms with van der Waals surface area (Å²) in [6.45, 7) is 7.77. The Labute approximate surface area is 122 Å². The maximum atomic E-state index is 13.3. The van der Waals surface area contributed by atoms with Crippen molar-refractivity contribution in [2.24, 2.45) is 5.73 Å². The highest BCUT2D eigenvalue weighted by Gasteiger charge is 2.12. The Morgan fingerprint density at radius 3 is 2.30 bits per heavy atom. The van der Waals surface area contributed by atoms with E-state index in [0.717, 1.165) is 27.4 Å². The molecule has 106 valence electrons. The van der Waals surface area contributed by atoms with Crippen molar-refractivity contribution in [1.82, 2.24) is 9.97 Å². The number of nitrogens with two attached hydrogens (primary N) is 1. The van der Waals surface area contributed by atoms with E-state index < -0.39 is 0 Å². The van der Waals surface area contributed by atoms with Crippen molar-refractivity contribution in [3.63, 3.8) is 0 Å². The summed E-state index contributed by atoms with van der Waals surface area (Å²) in [4.78, 5) is 9.83. The van der Waals surface area contributed by atoms with Crippen molar-refractivity contribution >= 4 is 11.8 Å². The molecule has 0 spiro atoms. The van der Waals surface area contributed by atoms with E-state index in [0.29, 0.717) is 5.16 Å². The molecule has 1 aromatic carbocycles. The van der Waals surface area contributed by atoms with Gasteiger partial charge in [-0.2, -0.15) is 0 Å². The quantitative estimate of drug-likeness (QED) is 0.876. The lowest BCUT2D eigenvalue weighted by Crippen LogP contribution is -2.07. The van der Waals surface area contributed by atoms with E-state index >= 15 is 0 Å². The average molecular weight is 291 g/mol. The van der Waals surface area contributed by atoms with Crippen LogP contribution in [0.1, 0.15) is 35.5 Å². The van der Waals surface area contributed by atoms with Crippen molar-refractivity contribution in [2.45, 2.75) is 43.8 Å². The normalized spacial score (nSPS) is 12.5. The summed E-state index contributed by atoms with van der Waals surface area (Å²) in [6, 6.07) is 4.40. The molecule has 2 rings (SSSR count). The number of hydrogen-bond donors (Lipinski definition) is 1. The number of halogens is 1. The highest BCUT2D eigenvalue weighted by atomic mass is 32.2. The Bertz CT molecular complexity index is 618. The first-order chi connectivity index (χ1) is 9.38. The van der Waals surface area contributed by atoms with Crippen LogP contribution in [0.4, 0.5) is 4.39 Å². The smallest absolute Gasteiger partial charge is 0.192 e. The molecule has 2 aromatic rings. The van der Waals surface area contributed by atoms with Crippen LogP contribution in [0.15, 0.2) is 28.3 Å². The van der Waals surface area contributed by atoms with Gasteiger partial charge >= 0.3 is 0 Å². The van der Waals surface area contributed by atoms with Gasteiger partial charge in [0.2, 0.25) is 0 Å². The number of nitrogens with zero attached hydrogens (tertiary/aromatic N) is 2. The van der Waals surface area contributed by atoms with Crippen LogP contribution in [0.2, 0.25) is 0 Å². The van der Waals surface area contributed by atoms with Crippen LogP contribution >= 0.6 is 11.8 Å². The second kappa shape index (κ2) is 5.89. The summed E-state index contributed by atoms with van der Waals surface area (Å²) in [5.41, 5.74) is 9.70. The molecule has 0 fully saturated rings. The second-order valence-corrected chi connectivity index (χ2v) is 5.88. The predicted octanol–water partition coefficient (Wildman–Crippen LogP) is 3.71. The van der Waals surface area contributed by atoms with E-state index in [9.17, 15) is 4.39 Å². The SMILES string of the molecule is Cc1nc(Sc2ccc(F)cc2C(C)N)nc(C)c1C. The van der Waals surface area contributed by atoms with Gasteiger partial charge in [0.1, 0.15) is 5.82 Å². The van der Waals surface area contributed by atoms with E-state index in [2.05, 4.69) is 9.97 Å². The zero-order valence-electron chi connectivity index (χ0n) is 12.1. The minimum Gasteiger partial charge on any atom is -0.324 e. The van der Waals surface area contributed by atoms with Crippen molar-refractivity contribution < 1.29 is 4.39 Å². The van der Waals surface area contributed by atoms with E-state index in [1.54, 1.807) is 6.07 Å². The molecule has 0 saturated heterocycles. The molecule has 0 aliphatic carbocycles. The molecule has 1 atom stereocenters. The zero-order valence-corrected chi connectivity index (χ0v) is 12.9. The summed E-state index contributed by atoms with van der Waals surface area (Å²) in [7, 11) is 0. The third kappa shape index (κ3) is 3.16. The van der Waals surface area contributed by atoms with Gasteiger partial charge in [0.05, 0.1) is 0 Å². The van der Waals surface area contributed by atoms with E-state index in [-0.39, 0.29) is 11.9 Å². The topological polar surface area (TPSA) is 51.8 Å². The molecular weight excluding hydrogens is 273 g/mol. The van der Waals surface area contributed by atoms with Gasteiger partial charge in [0.15, 0.2) is 5.16 Å². The monoisotopic (exact) mass is 291 g/mol. The molecule has 2 N–H and O–H groups in total. The average Bonchev–Trinajstić information content (AvgIpc) is 2.37. The molecule has 0 aliphatic rings. The molecule has 1 aromatic heterocycles. The number of aromatic nitrogens is 2. The molecule has 1 heterocycles. The van der Waals surface area contributed by atoms with Gasteiger partial charge in [-0.25, -0.2) is 14.4 Å². The van der Waals surface area contributed by atoms with Crippen LogP contribution in [0.3, 0.4) is 0 Å². The van der Waals surface area contributed by atoms with Gasteiger partial charge in [-0.1, -0.05) is 0 Å². The maximum absolute atomic E-state index is 13.3. The number of rotatable bonds is 3. The molecule has 0 radical (unpaired) electrons. The molecule has 0 aliphatic heterocycles. The Morgan fingerprint density at radius 2 is 1.75 bits per heavy atom. The molecule has 0 amide bonds. The Morgan fingerprint density at radius 1 is 1.15 bits per heavy atom. The minimum atomic E-state index is -0.279. The lowest BCUT2D eigenvalue weighted by atomic mass is 10.1. The summed E-state index contributed by atoms with van der Waals surface area (Å²) < 4.78 is 13.3. The van der Waals surface area contributed by atoms with Gasteiger partial charge in [0, 0.05) is 22.3 Å². The van der Waals surface area contributed by atoms with Crippen LogP contribution in [0.5, 0.6) is 0 Å². The van der Waals surface area contributed by atoms with Crippen LogP contribution in [0, 0.1) is 26.6 Å². The number of aryl methyl sites for hydroxylation is 2. The van der Waals surface area contributed by atoms with Crippen molar-refractivity contribution in [1.29, 1.82) is 0 Å². The Balaban J connectivity index is 2.40. The van der Waals surface area contributed by atoms with E-state index in [4.69, 9.17) is 5.73 Å². The molecule has 5 heteroatoms. The highest BCUT2D eigenvalue weighted by Crippen LogP contribution is 2.32. The third-order valence-corrected chi connectivity index (χ3v) is 4.23. The number of benzene rings is 1. The van der Waals surface area contributed by atoms with E-state index in [1.807, 2.05) is 27.7 Å². The van der Waals surface area contributed by atoms with Crippen LogP contribution in [-0.4, -0.2) is 9.97 Å². The summed E-state index contributed by atoms with van der Waals surface area (Å²) in [5.74, 6) is -0.279. The van der Waals surface area contributed by atoms with Crippen molar-refractivity contribution in [3.8, 4) is 0 Å². The summed E-state index contributed by atoms with van der Waals surface area (Å²) >= 11 is 1.42. The van der Waals surface area contributed by atoms with Crippen LogP contribution < -0.4 is 5.73 Å². The summed E-state index contributed by atoms with van der Waals surface area (Å²) in [6.07, 6.45) is 0. The molecular formula is C15H18FN3S. The second-order valence-electron chi connectivity index (χ2n) is 4.87. The molecule has 1 unspecified atom stereocenters. The zero-order chi connectivity index (χ0) is 14.9. The first-order valence-electron chi connectivity index (χ1n) is 6.43. The van der Waals surface area contributed by atoms with Crippen LogP contribution in [-0.2, 0) is 0 Å². The minimum absolute atomic E-state index is 0.235. The Kier molecular flexibility index (Phi) is 4.40. The standard InChI is InChI=1S/C15H18FN3S/c1-8-10(3)18-15(19-11(8)4)20-14-6-5-12(16)7-13(14)9(2)17/h5-7,9H,17H2,1-4H3. The predicted molar refractivity (Wildman–Crippen MR) is 79.4 cm³/mol. The lowest BCUT2D eigenvalue weighted by molar-refractivity contribution is 0.619. The third-order valence-electron chi connectivity index (χ3n) is 3.28. The highest BCUT2D eigenvalue weighted by molar-refractivity contribution is 7.99. The molecule has 3 nitrogen and oxygen atoms in total. The largest absolute Gasteiger partial charge is 0.324 e. The number of hydrogen-bond acceptors (Lipinski definition) is 4. The molecule has 0 saturated carbocycles. The first kappa shape index (κ1) is 14.9. The van der Waals surface area contributed by atoms with E-state index in [1.165, 1.54) is 23.9 Å². The Hall–Kier alpha value is -1.46. The van der Waals surface area contributed by atoms with Gasteiger partial charge in [-0.15, -0.1) is 0 Å². The van der Waals surface area contributed by atoms with Gasteiger partial charge in [0.25, 0.3) is 0 Å². The molecule has 20 heavy (non-hydrogen) atoms. The fourth-order valence-corrected chi connectivity index (χ4v) is 2.91. The van der Waals surface area contributed by atoms with Gasteiger partial charge in [-0.05, 0) is 68.8 Å². The van der Waals surface area contributed by atoms with Crippen molar-refractivity contribution in [3.05, 3.63) is 46.5 Å². The maximum Gasteiger partial charge on any atom is 0.192 e. The van der Waals surface area contributed by atoms with Crippen LogP contribution in [0.25, 0.3) is 0 Å². The van der Waals surface area contributed by atoms with Gasteiger partial charge in [-0.3, -0.25) is 0 Å². The lowest BCUT2D eigenvalue weighted by Gasteiger charge is -2.13. The molecule has 0 bridgehead atoms. The van der Waals surface area contributed by atoms with Gasteiger partial charge < -0.3 is 5.73 Å². The first-order valence-corrected chi connectivity index (χ1v) is 7.25. The summed E-state index contributed by atoms with van der Waals surface area (Å²) in [5, 5.41) is 0.666. The fourth-order valence-electron chi connectivity index (χ4n) is 1.85. The fraction of sp³-hybridized carbons (Fsp3) is 0.333.